The number of hydrogen-bond donors (Lipinski definition) is 1. The van der Waals surface area contributed by atoms with Crippen LogP contribution in [0.25, 0.3) is 0 Å². The van der Waals surface area contributed by atoms with E-state index in [1.54, 1.807) is 0 Å². The van der Waals surface area contributed by atoms with Crippen molar-refractivity contribution in [3.05, 3.63) is 54.0 Å². The number of aromatic nitrogens is 2. The van der Waals surface area contributed by atoms with E-state index in [-0.39, 0.29) is 12.3 Å². The number of benzene rings is 1. The molecular formula is C15H17N3O3. The fraction of sp³-hybridized carbons (Fsp3) is 0.267. The molecule has 0 saturated carbocycles. The van der Waals surface area contributed by atoms with E-state index in [1.165, 1.54) is 19.5 Å². The molecular weight excluding hydrogens is 270 g/mol. The van der Waals surface area contributed by atoms with E-state index >= 15 is 0 Å². The zero-order valence-corrected chi connectivity index (χ0v) is 11.8. The van der Waals surface area contributed by atoms with Crippen LogP contribution in [0.15, 0.2) is 42.7 Å². The molecule has 1 aromatic heterocycles. The Labute approximate surface area is 123 Å². The van der Waals surface area contributed by atoms with Gasteiger partial charge in [0.05, 0.1) is 26.1 Å². The van der Waals surface area contributed by atoms with Gasteiger partial charge in [0.25, 0.3) is 0 Å². The molecule has 6 nitrogen and oxygen atoms in total. The van der Waals surface area contributed by atoms with Crippen molar-refractivity contribution >= 4 is 11.8 Å². The average Bonchev–Trinajstić information content (AvgIpc) is 2.55. The highest BCUT2D eigenvalue weighted by Crippen LogP contribution is 2.13. The van der Waals surface area contributed by atoms with Crippen LogP contribution in [0.4, 0.5) is 5.82 Å². The number of aliphatic hydroxyl groups excluding tert-OH is 1. The van der Waals surface area contributed by atoms with Gasteiger partial charge in [-0.2, -0.15) is 0 Å². The maximum atomic E-state index is 11.3. The maximum Gasteiger partial charge on any atom is 0.358 e. The fourth-order valence-electron chi connectivity index (χ4n) is 1.89. The van der Waals surface area contributed by atoms with Crippen LogP contribution in [0.2, 0.25) is 0 Å². The lowest BCUT2D eigenvalue weighted by atomic mass is 10.2. The van der Waals surface area contributed by atoms with Gasteiger partial charge in [-0.15, -0.1) is 0 Å². The minimum atomic E-state index is -0.522. The predicted molar refractivity (Wildman–Crippen MR) is 77.9 cm³/mol. The van der Waals surface area contributed by atoms with Crippen LogP contribution in [0, 0.1) is 0 Å². The number of rotatable bonds is 6. The van der Waals surface area contributed by atoms with Crippen LogP contribution < -0.4 is 4.90 Å². The number of carbonyl (C=O) groups excluding carboxylic acids is 1. The van der Waals surface area contributed by atoms with E-state index < -0.39 is 5.97 Å². The van der Waals surface area contributed by atoms with Crippen molar-refractivity contribution < 1.29 is 14.6 Å². The Morgan fingerprint density at radius 3 is 2.57 bits per heavy atom. The van der Waals surface area contributed by atoms with Crippen molar-refractivity contribution in [3.8, 4) is 0 Å². The van der Waals surface area contributed by atoms with Crippen LogP contribution in [0.5, 0.6) is 0 Å². The topological polar surface area (TPSA) is 75.5 Å². The Kier molecular flexibility index (Phi) is 5.22. The van der Waals surface area contributed by atoms with Crippen LogP contribution >= 0.6 is 0 Å². The Morgan fingerprint density at radius 1 is 1.24 bits per heavy atom. The van der Waals surface area contributed by atoms with E-state index in [2.05, 4.69) is 14.7 Å². The Bertz CT molecular complexity index is 572. The summed E-state index contributed by atoms with van der Waals surface area (Å²) in [6, 6.07) is 9.86. The fourth-order valence-corrected chi connectivity index (χ4v) is 1.89. The van der Waals surface area contributed by atoms with Gasteiger partial charge in [-0.3, -0.25) is 0 Å². The summed E-state index contributed by atoms with van der Waals surface area (Å²) in [5.74, 6) is 0.0753. The molecule has 0 aliphatic carbocycles. The molecule has 0 spiro atoms. The summed E-state index contributed by atoms with van der Waals surface area (Å²) in [5, 5.41) is 9.19. The second kappa shape index (κ2) is 7.35. The number of nitrogens with zero attached hydrogens (tertiary/aromatic N) is 3. The molecule has 0 aliphatic heterocycles. The lowest BCUT2D eigenvalue weighted by Crippen LogP contribution is -2.27. The van der Waals surface area contributed by atoms with Crippen LogP contribution in [0.3, 0.4) is 0 Å². The second-order valence-corrected chi connectivity index (χ2v) is 4.38. The lowest BCUT2D eigenvalue weighted by Gasteiger charge is -2.22. The molecule has 0 amide bonds. The molecule has 0 radical (unpaired) electrons. The Morgan fingerprint density at radius 2 is 2.00 bits per heavy atom. The maximum absolute atomic E-state index is 11.3. The van der Waals surface area contributed by atoms with Gasteiger partial charge in [-0.1, -0.05) is 30.3 Å². The first kappa shape index (κ1) is 14.9. The number of anilines is 1. The molecule has 2 rings (SSSR count). The average molecular weight is 287 g/mol. The number of methoxy groups -OCH3 is 1. The van der Waals surface area contributed by atoms with Gasteiger partial charge in [0.1, 0.15) is 5.82 Å². The van der Waals surface area contributed by atoms with Gasteiger partial charge in [0.15, 0.2) is 5.69 Å². The minimum absolute atomic E-state index is 0.00721. The third kappa shape index (κ3) is 4.00. The number of hydrogen-bond acceptors (Lipinski definition) is 6. The normalized spacial score (nSPS) is 10.2. The first-order valence-electron chi connectivity index (χ1n) is 6.54. The van der Waals surface area contributed by atoms with Crippen LogP contribution in [-0.4, -0.2) is 41.3 Å². The van der Waals surface area contributed by atoms with Crippen molar-refractivity contribution in [3.63, 3.8) is 0 Å². The molecule has 110 valence electrons. The van der Waals surface area contributed by atoms with E-state index in [4.69, 9.17) is 0 Å². The highest BCUT2D eigenvalue weighted by atomic mass is 16.5. The van der Waals surface area contributed by atoms with Crippen LogP contribution in [-0.2, 0) is 11.3 Å². The molecule has 1 heterocycles. The zero-order chi connectivity index (χ0) is 15.1. The summed E-state index contributed by atoms with van der Waals surface area (Å²) < 4.78 is 4.58. The third-order valence-electron chi connectivity index (χ3n) is 2.94. The molecule has 6 heteroatoms. The smallest absolute Gasteiger partial charge is 0.358 e. The van der Waals surface area contributed by atoms with Crippen molar-refractivity contribution in [2.24, 2.45) is 0 Å². The first-order chi connectivity index (χ1) is 10.2. The summed E-state index contributed by atoms with van der Waals surface area (Å²) in [4.78, 5) is 21.5. The van der Waals surface area contributed by atoms with Crippen molar-refractivity contribution in [1.82, 2.24) is 9.97 Å². The zero-order valence-electron chi connectivity index (χ0n) is 11.8. The summed E-state index contributed by atoms with van der Waals surface area (Å²) in [6.07, 6.45) is 2.88. The largest absolute Gasteiger partial charge is 0.464 e. The van der Waals surface area contributed by atoms with Crippen molar-refractivity contribution in [2.45, 2.75) is 6.54 Å². The van der Waals surface area contributed by atoms with Gasteiger partial charge in [0.2, 0.25) is 0 Å². The van der Waals surface area contributed by atoms with Gasteiger partial charge < -0.3 is 14.7 Å². The molecule has 21 heavy (non-hydrogen) atoms. The molecule has 1 N–H and O–H groups in total. The molecule has 2 aromatic rings. The molecule has 0 saturated heterocycles. The number of aliphatic hydroxyl groups is 1. The molecule has 0 unspecified atom stereocenters. The minimum Gasteiger partial charge on any atom is -0.464 e. The first-order valence-corrected chi connectivity index (χ1v) is 6.54. The molecule has 0 atom stereocenters. The van der Waals surface area contributed by atoms with Crippen LogP contribution in [0.1, 0.15) is 16.1 Å². The standard InChI is InChI=1S/C15H17N3O3/c1-21-15(20)13-9-17-14(10-16-13)18(7-8-19)11-12-5-3-2-4-6-12/h2-6,9-10,19H,7-8,11H2,1H3. The number of esters is 1. The van der Waals surface area contributed by atoms with Gasteiger partial charge in [0, 0.05) is 13.1 Å². The molecule has 0 bridgehead atoms. The SMILES string of the molecule is COC(=O)c1cnc(N(CCO)Cc2ccccc2)cn1. The predicted octanol–water partition coefficient (Wildman–Crippen LogP) is 1.26. The highest BCUT2D eigenvalue weighted by Gasteiger charge is 2.12. The summed E-state index contributed by atoms with van der Waals surface area (Å²) >= 11 is 0. The van der Waals surface area contributed by atoms with Crippen molar-refractivity contribution in [2.75, 3.05) is 25.2 Å². The van der Waals surface area contributed by atoms with Gasteiger partial charge >= 0.3 is 5.97 Å². The van der Waals surface area contributed by atoms with Crippen molar-refractivity contribution in [1.29, 1.82) is 0 Å². The highest BCUT2D eigenvalue weighted by molar-refractivity contribution is 5.86. The Balaban J connectivity index is 2.16. The lowest BCUT2D eigenvalue weighted by molar-refractivity contribution is 0.0593. The summed E-state index contributed by atoms with van der Waals surface area (Å²) in [6.45, 7) is 1.04. The Hall–Kier alpha value is -2.47. The summed E-state index contributed by atoms with van der Waals surface area (Å²) in [7, 11) is 1.30. The van der Waals surface area contributed by atoms with Gasteiger partial charge in [-0.05, 0) is 5.56 Å². The van der Waals surface area contributed by atoms with E-state index in [0.29, 0.717) is 18.9 Å². The molecule has 0 fully saturated rings. The monoisotopic (exact) mass is 287 g/mol. The van der Waals surface area contributed by atoms with E-state index in [0.717, 1.165) is 5.56 Å². The third-order valence-corrected chi connectivity index (χ3v) is 2.94. The molecule has 0 aliphatic rings. The summed E-state index contributed by atoms with van der Waals surface area (Å²) in [5.41, 5.74) is 1.26. The van der Waals surface area contributed by atoms with E-state index in [1.807, 2.05) is 35.2 Å². The number of carbonyl (C=O) groups is 1. The second-order valence-electron chi connectivity index (χ2n) is 4.38. The molecule has 1 aromatic carbocycles. The van der Waals surface area contributed by atoms with Gasteiger partial charge in [-0.25, -0.2) is 14.8 Å². The van der Waals surface area contributed by atoms with E-state index in [9.17, 15) is 9.90 Å². The number of ether oxygens (including phenoxy) is 1. The quantitative estimate of drug-likeness (QED) is 0.806.